The lowest BCUT2D eigenvalue weighted by Gasteiger charge is -2.23. The molecule has 1 aliphatic rings. The van der Waals surface area contributed by atoms with Crippen LogP contribution in [0.1, 0.15) is 19.3 Å². The molecule has 1 heterocycles. The molecule has 0 aliphatic carbocycles. The van der Waals surface area contributed by atoms with E-state index in [-0.39, 0.29) is 5.91 Å². The SMILES string of the molecule is CNC/C=C(\NC)C(=O)NCC1CCCCN1. The van der Waals surface area contributed by atoms with Gasteiger partial charge in [0.2, 0.25) is 0 Å². The van der Waals surface area contributed by atoms with Gasteiger partial charge in [0.1, 0.15) is 0 Å². The number of piperidine rings is 1. The zero-order chi connectivity index (χ0) is 12.5. The van der Waals surface area contributed by atoms with E-state index in [2.05, 4.69) is 21.3 Å². The Morgan fingerprint density at radius 1 is 1.41 bits per heavy atom. The molecule has 4 N–H and O–H groups in total. The number of hydrogen-bond acceptors (Lipinski definition) is 4. The third-order valence-corrected chi connectivity index (χ3v) is 2.95. The molecule has 0 saturated carbocycles. The van der Waals surface area contributed by atoms with E-state index in [0.29, 0.717) is 24.8 Å². The third-order valence-electron chi connectivity index (χ3n) is 2.95. The largest absolute Gasteiger partial charge is 0.384 e. The number of rotatable bonds is 6. The molecule has 0 spiro atoms. The van der Waals surface area contributed by atoms with Crippen molar-refractivity contribution in [3.05, 3.63) is 11.8 Å². The first-order valence-electron chi connectivity index (χ1n) is 6.32. The van der Waals surface area contributed by atoms with Gasteiger partial charge in [0.15, 0.2) is 0 Å². The van der Waals surface area contributed by atoms with E-state index in [0.717, 1.165) is 13.0 Å². The van der Waals surface area contributed by atoms with Crippen LogP contribution in [-0.2, 0) is 4.79 Å². The quantitative estimate of drug-likeness (QED) is 0.476. The summed E-state index contributed by atoms with van der Waals surface area (Å²) in [7, 11) is 3.62. The van der Waals surface area contributed by atoms with Crippen LogP contribution in [-0.4, -0.2) is 45.7 Å². The maximum atomic E-state index is 11.8. The van der Waals surface area contributed by atoms with Crippen LogP contribution in [0.15, 0.2) is 11.8 Å². The molecule has 1 fully saturated rings. The predicted molar refractivity (Wildman–Crippen MR) is 69.7 cm³/mol. The van der Waals surface area contributed by atoms with Gasteiger partial charge in [-0.25, -0.2) is 0 Å². The summed E-state index contributed by atoms with van der Waals surface area (Å²) in [6.45, 7) is 2.46. The predicted octanol–water partition coefficient (Wildman–Crippen LogP) is -0.433. The molecule has 1 atom stereocenters. The molecule has 1 unspecified atom stereocenters. The van der Waals surface area contributed by atoms with Crippen LogP contribution in [0.3, 0.4) is 0 Å². The Morgan fingerprint density at radius 3 is 2.82 bits per heavy atom. The van der Waals surface area contributed by atoms with E-state index in [1.165, 1.54) is 12.8 Å². The summed E-state index contributed by atoms with van der Waals surface area (Å²) in [5, 5.41) is 12.3. The summed E-state index contributed by atoms with van der Waals surface area (Å²) in [5.41, 5.74) is 0.621. The highest BCUT2D eigenvalue weighted by molar-refractivity contribution is 5.92. The Kier molecular flexibility index (Phi) is 6.65. The average molecular weight is 240 g/mol. The van der Waals surface area contributed by atoms with Gasteiger partial charge in [-0.1, -0.05) is 6.42 Å². The molecule has 1 rings (SSSR count). The molecule has 17 heavy (non-hydrogen) atoms. The number of carbonyl (C=O) groups excluding carboxylic acids is 1. The van der Waals surface area contributed by atoms with Gasteiger partial charge in [-0.2, -0.15) is 0 Å². The smallest absolute Gasteiger partial charge is 0.267 e. The van der Waals surface area contributed by atoms with Gasteiger partial charge in [-0.15, -0.1) is 0 Å². The zero-order valence-electron chi connectivity index (χ0n) is 10.8. The highest BCUT2D eigenvalue weighted by atomic mass is 16.2. The Morgan fingerprint density at radius 2 is 2.24 bits per heavy atom. The molecule has 0 aromatic rings. The maximum absolute atomic E-state index is 11.8. The van der Waals surface area contributed by atoms with Gasteiger partial charge in [0, 0.05) is 26.2 Å². The Labute approximate surface area is 103 Å². The van der Waals surface area contributed by atoms with E-state index in [9.17, 15) is 4.79 Å². The summed E-state index contributed by atoms with van der Waals surface area (Å²) in [4.78, 5) is 11.8. The monoisotopic (exact) mass is 240 g/mol. The fourth-order valence-corrected chi connectivity index (χ4v) is 1.92. The second-order valence-electron chi connectivity index (χ2n) is 4.28. The summed E-state index contributed by atoms with van der Waals surface area (Å²) in [5.74, 6) is -0.0323. The van der Waals surface area contributed by atoms with E-state index in [1.54, 1.807) is 7.05 Å². The van der Waals surface area contributed by atoms with Crippen LogP contribution in [0, 0.1) is 0 Å². The van der Waals surface area contributed by atoms with Gasteiger partial charge in [0.25, 0.3) is 5.91 Å². The third kappa shape index (κ3) is 5.19. The minimum absolute atomic E-state index is 0.0323. The summed E-state index contributed by atoms with van der Waals surface area (Å²) < 4.78 is 0. The van der Waals surface area contributed by atoms with E-state index in [1.807, 2.05) is 13.1 Å². The molecule has 0 radical (unpaired) electrons. The van der Waals surface area contributed by atoms with E-state index in [4.69, 9.17) is 0 Å². The minimum Gasteiger partial charge on any atom is -0.384 e. The van der Waals surface area contributed by atoms with Crippen LogP contribution >= 0.6 is 0 Å². The van der Waals surface area contributed by atoms with Crippen molar-refractivity contribution in [2.45, 2.75) is 25.3 Å². The summed E-state index contributed by atoms with van der Waals surface area (Å²) in [6.07, 6.45) is 5.50. The van der Waals surface area contributed by atoms with Crippen molar-refractivity contribution in [1.29, 1.82) is 0 Å². The first kappa shape index (κ1) is 14.0. The number of hydrogen-bond donors (Lipinski definition) is 4. The second-order valence-corrected chi connectivity index (χ2v) is 4.28. The fraction of sp³-hybridized carbons (Fsp3) is 0.750. The fourth-order valence-electron chi connectivity index (χ4n) is 1.92. The van der Waals surface area contributed by atoms with Crippen molar-refractivity contribution in [3.8, 4) is 0 Å². The first-order chi connectivity index (χ1) is 8.27. The summed E-state index contributed by atoms with van der Waals surface area (Å²) in [6, 6.07) is 0.426. The molecule has 5 heteroatoms. The van der Waals surface area contributed by atoms with Gasteiger partial charge >= 0.3 is 0 Å². The first-order valence-corrected chi connectivity index (χ1v) is 6.32. The highest BCUT2D eigenvalue weighted by Crippen LogP contribution is 2.05. The molecule has 0 bridgehead atoms. The Hall–Kier alpha value is -1.07. The number of amides is 1. The molecular weight excluding hydrogens is 216 g/mol. The summed E-state index contributed by atoms with van der Waals surface area (Å²) >= 11 is 0. The maximum Gasteiger partial charge on any atom is 0.267 e. The topological polar surface area (TPSA) is 65.2 Å². The van der Waals surface area contributed by atoms with Crippen molar-refractivity contribution < 1.29 is 4.79 Å². The average Bonchev–Trinajstić information content (AvgIpc) is 2.38. The minimum atomic E-state index is -0.0323. The van der Waals surface area contributed by atoms with Gasteiger partial charge in [-0.3, -0.25) is 4.79 Å². The molecule has 0 aromatic carbocycles. The van der Waals surface area contributed by atoms with Crippen LogP contribution in [0.25, 0.3) is 0 Å². The molecule has 0 aromatic heterocycles. The lowest BCUT2D eigenvalue weighted by molar-refractivity contribution is -0.117. The molecular formula is C12H24N4O. The van der Waals surface area contributed by atoms with Crippen molar-refractivity contribution in [2.24, 2.45) is 0 Å². The highest BCUT2D eigenvalue weighted by Gasteiger charge is 2.14. The van der Waals surface area contributed by atoms with Gasteiger partial charge in [-0.05, 0) is 32.5 Å². The van der Waals surface area contributed by atoms with Crippen molar-refractivity contribution in [1.82, 2.24) is 21.3 Å². The van der Waals surface area contributed by atoms with Crippen molar-refractivity contribution >= 4 is 5.91 Å². The zero-order valence-corrected chi connectivity index (χ0v) is 10.8. The lowest BCUT2D eigenvalue weighted by Crippen LogP contribution is -2.44. The van der Waals surface area contributed by atoms with Gasteiger partial charge in [0.05, 0.1) is 5.70 Å². The molecule has 1 amide bonds. The van der Waals surface area contributed by atoms with E-state index < -0.39 is 0 Å². The van der Waals surface area contributed by atoms with Gasteiger partial charge < -0.3 is 21.3 Å². The molecule has 1 aliphatic heterocycles. The molecule has 1 saturated heterocycles. The Balaban J connectivity index is 2.31. The lowest BCUT2D eigenvalue weighted by atomic mass is 10.1. The van der Waals surface area contributed by atoms with Crippen LogP contribution in [0.5, 0.6) is 0 Å². The van der Waals surface area contributed by atoms with Crippen molar-refractivity contribution in [2.75, 3.05) is 33.7 Å². The number of likely N-dealkylation sites (N-methyl/N-ethyl adjacent to an activating group) is 2. The van der Waals surface area contributed by atoms with Crippen LogP contribution < -0.4 is 21.3 Å². The Bertz CT molecular complexity index is 259. The normalized spacial score (nSPS) is 21.1. The number of carbonyl (C=O) groups is 1. The molecule has 98 valence electrons. The van der Waals surface area contributed by atoms with Crippen LogP contribution in [0.2, 0.25) is 0 Å². The van der Waals surface area contributed by atoms with Crippen molar-refractivity contribution in [3.63, 3.8) is 0 Å². The number of nitrogens with one attached hydrogen (secondary N) is 4. The van der Waals surface area contributed by atoms with Crippen LogP contribution in [0.4, 0.5) is 0 Å². The second kappa shape index (κ2) is 8.08. The van der Waals surface area contributed by atoms with E-state index >= 15 is 0 Å². The standard InChI is InChI=1S/C12H24N4O/c1-13-8-6-11(14-2)12(17)16-9-10-5-3-4-7-15-10/h6,10,13-15H,3-5,7-9H2,1-2H3,(H,16,17)/b11-6-. The molecule has 5 nitrogen and oxygen atoms in total.